The lowest BCUT2D eigenvalue weighted by atomic mass is 10.3. The molecule has 0 radical (unpaired) electrons. The Bertz CT molecular complexity index is 394. The van der Waals surface area contributed by atoms with Gasteiger partial charge in [0, 0.05) is 12.6 Å². The molecular weight excluding hydrogens is 244 g/mol. The molecule has 0 aliphatic rings. The van der Waals surface area contributed by atoms with E-state index in [1.165, 1.54) is 0 Å². The van der Waals surface area contributed by atoms with Crippen LogP contribution in [0.4, 0.5) is 0 Å². The number of ether oxygens (including phenoxy) is 2. The molecule has 0 fully saturated rings. The summed E-state index contributed by atoms with van der Waals surface area (Å²) in [5.41, 5.74) is 0. The first-order valence-corrected chi connectivity index (χ1v) is 6.39. The fraction of sp³-hybridized carbons (Fsp3) is 0.500. The number of nitrogens with one attached hydrogen (secondary N) is 2. The summed E-state index contributed by atoms with van der Waals surface area (Å²) in [6, 6.07) is 7.64. The van der Waals surface area contributed by atoms with Crippen molar-refractivity contribution in [3.8, 4) is 11.5 Å². The van der Waals surface area contributed by atoms with Gasteiger partial charge in [-0.3, -0.25) is 4.79 Å². The van der Waals surface area contributed by atoms with Crippen molar-refractivity contribution in [2.45, 2.75) is 19.9 Å². The van der Waals surface area contributed by atoms with Crippen LogP contribution in [0.25, 0.3) is 0 Å². The zero-order valence-electron chi connectivity index (χ0n) is 11.7. The summed E-state index contributed by atoms with van der Waals surface area (Å²) in [6.45, 7) is 5.25. The Labute approximate surface area is 114 Å². The fourth-order valence-corrected chi connectivity index (χ4v) is 1.55. The van der Waals surface area contributed by atoms with Crippen LogP contribution in [-0.2, 0) is 4.79 Å². The van der Waals surface area contributed by atoms with E-state index in [2.05, 4.69) is 10.6 Å². The molecule has 5 nitrogen and oxygen atoms in total. The predicted molar refractivity (Wildman–Crippen MR) is 74.6 cm³/mol. The Hall–Kier alpha value is -1.75. The largest absolute Gasteiger partial charge is 0.493 e. The molecule has 0 heterocycles. The van der Waals surface area contributed by atoms with E-state index in [-0.39, 0.29) is 11.9 Å². The van der Waals surface area contributed by atoms with Crippen molar-refractivity contribution < 1.29 is 14.3 Å². The monoisotopic (exact) mass is 266 g/mol. The van der Waals surface area contributed by atoms with Crippen LogP contribution in [0.15, 0.2) is 24.3 Å². The van der Waals surface area contributed by atoms with E-state index < -0.39 is 0 Å². The number of rotatable bonds is 8. The van der Waals surface area contributed by atoms with Crippen molar-refractivity contribution in [3.63, 3.8) is 0 Å². The van der Waals surface area contributed by atoms with Crippen molar-refractivity contribution in [1.82, 2.24) is 10.6 Å². The Kier molecular flexibility index (Phi) is 6.74. The van der Waals surface area contributed by atoms with Crippen molar-refractivity contribution in [3.05, 3.63) is 24.3 Å². The molecule has 2 N–H and O–H groups in total. The summed E-state index contributed by atoms with van der Waals surface area (Å²) in [6.07, 6.45) is 0. The molecule has 1 amide bonds. The molecular formula is C14H22N2O3. The SMILES string of the molecule is COc1ccccc1OCCNCC(=O)NC(C)C. The van der Waals surface area contributed by atoms with E-state index in [1.807, 2.05) is 38.1 Å². The van der Waals surface area contributed by atoms with E-state index >= 15 is 0 Å². The minimum atomic E-state index is -0.00714. The highest BCUT2D eigenvalue weighted by atomic mass is 16.5. The molecule has 1 aromatic carbocycles. The summed E-state index contributed by atoms with van der Waals surface area (Å²) in [5, 5.41) is 5.83. The summed E-state index contributed by atoms with van der Waals surface area (Å²) in [7, 11) is 1.61. The van der Waals surface area contributed by atoms with E-state index in [1.54, 1.807) is 7.11 Å². The number of para-hydroxylation sites is 2. The van der Waals surface area contributed by atoms with Gasteiger partial charge >= 0.3 is 0 Å². The summed E-state index contributed by atoms with van der Waals surface area (Å²) < 4.78 is 10.7. The quantitative estimate of drug-likeness (QED) is 0.694. The molecule has 106 valence electrons. The number of benzene rings is 1. The average Bonchev–Trinajstić information content (AvgIpc) is 2.38. The third-order valence-corrected chi connectivity index (χ3v) is 2.34. The van der Waals surface area contributed by atoms with E-state index in [4.69, 9.17) is 9.47 Å². The van der Waals surface area contributed by atoms with Crippen LogP contribution < -0.4 is 20.1 Å². The van der Waals surface area contributed by atoms with Gasteiger partial charge in [-0.1, -0.05) is 12.1 Å². The fourth-order valence-electron chi connectivity index (χ4n) is 1.55. The Balaban J connectivity index is 2.19. The van der Waals surface area contributed by atoms with Crippen LogP contribution in [0, 0.1) is 0 Å². The molecule has 1 aromatic rings. The highest BCUT2D eigenvalue weighted by Gasteiger charge is 2.03. The first-order valence-electron chi connectivity index (χ1n) is 6.39. The number of carbonyl (C=O) groups is 1. The molecule has 0 unspecified atom stereocenters. The van der Waals surface area contributed by atoms with Crippen LogP contribution in [0.2, 0.25) is 0 Å². The average molecular weight is 266 g/mol. The lowest BCUT2D eigenvalue weighted by molar-refractivity contribution is -0.120. The van der Waals surface area contributed by atoms with E-state index in [0.29, 0.717) is 31.2 Å². The molecule has 0 bridgehead atoms. The van der Waals surface area contributed by atoms with Crippen LogP contribution >= 0.6 is 0 Å². The first kappa shape index (κ1) is 15.3. The lowest BCUT2D eigenvalue weighted by Gasteiger charge is -2.11. The molecule has 0 saturated heterocycles. The van der Waals surface area contributed by atoms with Crippen molar-refractivity contribution in [2.75, 3.05) is 26.8 Å². The minimum absolute atomic E-state index is 0.00714. The van der Waals surface area contributed by atoms with Crippen molar-refractivity contribution in [2.24, 2.45) is 0 Å². The van der Waals surface area contributed by atoms with E-state index in [9.17, 15) is 4.79 Å². The van der Waals surface area contributed by atoms with Crippen LogP contribution in [0.1, 0.15) is 13.8 Å². The van der Waals surface area contributed by atoms with Gasteiger partial charge in [-0.15, -0.1) is 0 Å². The number of methoxy groups -OCH3 is 1. The number of hydrogen-bond acceptors (Lipinski definition) is 4. The maximum atomic E-state index is 11.4. The number of carbonyl (C=O) groups excluding carboxylic acids is 1. The zero-order chi connectivity index (χ0) is 14.1. The molecule has 19 heavy (non-hydrogen) atoms. The van der Waals surface area contributed by atoms with Crippen LogP contribution in [0.5, 0.6) is 11.5 Å². The van der Waals surface area contributed by atoms with Crippen LogP contribution in [0.3, 0.4) is 0 Å². The normalized spacial score (nSPS) is 10.3. The lowest BCUT2D eigenvalue weighted by Crippen LogP contribution is -2.38. The maximum absolute atomic E-state index is 11.4. The molecule has 0 atom stereocenters. The predicted octanol–water partition coefficient (Wildman–Crippen LogP) is 1.19. The molecule has 0 aliphatic carbocycles. The Morgan fingerprint density at radius 1 is 1.26 bits per heavy atom. The van der Waals surface area contributed by atoms with Gasteiger partial charge < -0.3 is 20.1 Å². The second-order valence-corrected chi connectivity index (χ2v) is 4.40. The number of amides is 1. The van der Waals surface area contributed by atoms with Gasteiger partial charge in [0.2, 0.25) is 5.91 Å². The smallest absolute Gasteiger partial charge is 0.234 e. The third-order valence-electron chi connectivity index (χ3n) is 2.34. The summed E-state index contributed by atoms with van der Waals surface area (Å²) in [5.74, 6) is 1.41. The van der Waals surface area contributed by atoms with Gasteiger partial charge in [0.25, 0.3) is 0 Å². The molecule has 5 heteroatoms. The highest BCUT2D eigenvalue weighted by molar-refractivity contribution is 5.78. The second-order valence-electron chi connectivity index (χ2n) is 4.40. The summed E-state index contributed by atoms with van der Waals surface area (Å²) in [4.78, 5) is 11.4. The summed E-state index contributed by atoms with van der Waals surface area (Å²) >= 11 is 0. The van der Waals surface area contributed by atoms with Crippen molar-refractivity contribution >= 4 is 5.91 Å². The van der Waals surface area contributed by atoms with Crippen LogP contribution in [-0.4, -0.2) is 38.8 Å². The highest BCUT2D eigenvalue weighted by Crippen LogP contribution is 2.25. The zero-order valence-corrected chi connectivity index (χ0v) is 11.7. The van der Waals surface area contributed by atoms with Gasteiger partial charge in [0.15, 0.2) is 11.5 Å². The molecule has 1 rings (SSSR count). The topological polar surface area (TPSA) is 59.6 Å². The molecule has 0 saturated carbocycles. The molecule has 0 spiro atoms. The van der Waals surface area contributed by atoms with Gasteiger partial charge in [-0.25, -0.2) is 0 Å². The Morgan fingerprint density at radius 3 is 2.58 bits per heavy atom. The van der Waals surface area contributed by atoms with Gasteiger partial charge in [0.1, 0.15) is 6.61 Å². The minimum Gasteiger partial charge on any atom is -0.493 e. The van der Waals surface area contributed by atoms with E-state index in [0.717, 1.165) is 0 Å². The second kappa shape index (κ2) is 8.37. The van der Waals surface area contributed by atoms with Gasteiger partial charge in [0.05, 0.1) is 13.7 Å². The molecule has 0 aromatic heterocycles. The van der Waals surface area contributed by atoms with Gasteiger partial charge in [-0.05, 0) is 26.0 Å². The standard InChI is InChI=1S/C14H22N2O3/c1-11(2)16-14(17)10-15-8-9-19-13-7-5-4-6-12(13)18-3/h4-7,11,15H,8-10H2,1-3H3,(H,16,17). The number of hydrogen-bond donors (Lipinski definition) is 2. The Morgan fingerprint density at radius 2 is 1.95 bits per heavy atom. The van der Waals surface area contributed by atoms with Gasteiger partial charge in [-0.2, -0.15) is 0 Å². The maximum Gasteiger partial charge on any atom is 0.234 e. The molecule has 0 aliphatic heterocycles. The third kappa shape index (κ3) is 6.10. The first-order chi connectivity index (χ1) is 9.13. The van der Waals surface area contributed by atoms with Crippen molar-refractivity contribution in [1.29, 1.82) is 0 Å².